The molecule has 4 aromatic rings. The molecule has 1 aromatic heterocycles. The number of anilines is 1. The molecule has 0 unspecified atom stereocenters. The fraction of sp³-hybridized carbons (Fsp3) is 0.310. The number of carbonyl (C=O) groups excluding carboxylic acids is 1. The molecule has 2 N–H and O–H groups in total. The van der Waals surface area contributed by atoms with E-state index in [2.05, 4.69) is 102 Å². The van der Waals surface area contributed by atoms with Crippen LogP contribution in [0.3, 0.4) is 0 Å². The number of aromatic amines is 1. The van der Waals surface area contributed by atoms with Crippen molar-refractivity contribution in [2.75, 3.05) is 18.9 Å². The second-order valence-electron chi connectivity index (χ2n) is 9.83. The largest absolute Gasteiger partial charge is 0.324 e. The van der Waals surface area contributed by atoms with Crippen molar-refractivity contribution in [3.05, 3.63) is 83.4 Å². The van der Waals surface area contributed by atoms with E-state index in [1.165, 1.54) is 11.1 Å². The van der Waals surface area contributed by atoms with Crippen molar-refractivity contribution in [1.29, 1.82) is 0 Å². The standard InChI is InChI=1S/C29H34N6O/c1-19(2)23-11-8-12-24(20(3)4)28(23)30-27(36)18-35(5)17-21-13-15-22(16-14-21)25-9-6-7-10-26(25)29-31-33-34-32-29/h6-16,19-20H,17-18H2,1-5H3,(H,30,36)(H,31,32,33,34). The lowest BCUT2D eigenvalue weighted by atomic mass is 9.92. The van der Waals surface area contributed by atoms with Gasteiger partial charge in [0.05, 0.1) is 6.54 Å². The number of carbonyl (C=O) groups is 1. The number of para-hydroxylation sites is 1. The van der Waals surface area contributed by atoms with Gasteiger partial charge in [0, 0.05) is 17.8 Å². The fourth-order valence-electron chi connectivity index (χ4n) is 4.49. The molecule has 0 aliphatic rings. The summed E-state index contributed by atoms with van der Waals surface area (Å²) in [4.78, 5) is 15.0. The number of nitrogens with zero attached hydrogens (tertiary/aromatic N) is 4. The zero-order valence-corrected chi connectivity index (χ0v) is 21.6. The molecule has 36 heavy (non-hydrogen) atoms. The zero-order chi connectivity index (χ0) is 25.7. The van der Waals surface area contributed by atoms with Gasteiger partial charge in [0.25, 0.3) is 0 Å². The predicted molar refractivity (Wildman–Crippen MR) is 145 cm³/mol. The summed E-state index contributed by atoms with van der Waals surface area (Å²) >= 11 is 0. The van der Waals surface area contributed by atoms with Crippen molar-refractivity contribution in [1.82, 2.24) is 25.5 Å². The minimum atomic E-state index is -0.00119. The lowest BCUT2D eigenvalue weighted by Gasteiger charge is -2.22. The third kappa shape index (κ3) is 5.86. The second-order valence-corrected chi connectivity index (χ2v) is 9.83. The van der Waals surface area contributed by atoms with Gasteiger partial charge < -0.3 is 5.32 Å². The third-order valence-electron chi connectivity index (χ3n) is 6.30. The summed E-state index contributed by atoms with van der Waals surface area (Å²) in [5.74, 6) is 1.31. The number of hydrogen-bond acceptors (Lipinski definition) is 5. The van der Waals surface area contributed by atoms with Crippen LogP contribution in [-0.4, -0.2) is 45.0 Å². The SMILES string of the molecule is CC(C)c1cccc(C(C)C)c1NC(=O)CN(C)Cc1ccc(-c2ccccc2-c2nnn[nH]2)cc1. The van der Waals surface area contributed by atoms with E-state index in [0.29, 0.717) is 30.7 Å². The van der Waals surface area contributed by atoms with E-state index >= 15 is 0 Å². The van der Waals surface area contributed by atoms with Crippen molar-refractivity contribution in [3.63, 3.8) is 0 Å². The van der Waals surface area contributed by atoms with Crippen molar-refractivity contribution >= 4 is 11.6 Å². The van der Waals surface area contributed by atoms with Crippen LogP contribution >= 0.6 is 0 Å². The van der Waals surface area contributed by atoms with Crippen molar-refractivity contribution in [3.8, 4) is 22.5 Å². The van der Waals surface area contributed by atoms with Gasteiger partial charge in [-0.05, 0) is 57.1 Å². The molecule has 4 rings (SSSR count). The Kier molecular flexibility index (Phi) is 7.90. The highest BCUT2D eigenvalue weighted by molar-refractivity contribution is 5.94. The lowest BCUT2D eigenvalue weighted by Crippen LogP contribution is -2.30. The minimum Gasteiger partial charge on any atom is -0.324 e. The average Bonchev–Trinajstić information content (AvgIpc) is 3.39. The maximum atomic E-state index is 13.0. The Balaban J connectivity index is 1.43. The smallest absolute Gasteiger partial charge is 0.238 e. The van der Waals surface area contributed by atoms with Crippen LogP contribution in [0.25, 0.3) is 22.5 Å². The Morgan fingerprint density at radius 3 is 2.11 bits per heavy atom. The molecule has 7 heteroatoms. The van der Waals surface area contributed by atoms with Crippen LogP contribution in [0.5, 0.6) is 0 Å². The summed E-state index contributed by atoms with van der Waals surface area (Å²) in [7, 11) is 1.97. The van der Waals surface area contributed by atoms with Crippen molar-refractivity contribution in [2.45, 2.75) is 46.1 Å². The number of likely N-dealkylation sites (N-methyl/N-ethyl adjacent to an activating group) is 1. The van der Waals surface area contributed by atoms with E-state index in [4.69, 9.17) is 0 Å². The molecule has 0 saturated heterocycles. The average molecular weight is 483 g/mol. The number of benzene rings is 3. The lowest BCUT2D eigenvalue weighted by molar-refractivity contribution is -0.117. The Hall–Kier alpha value is -3.84. The summed E-state index contributed by atoms with van der Waals surface area (Å²) in [5.41, 5.74) is 7.54. The van der Waals surface area contributed by atoms with Gasteiger partial charge in [-0.2, -0.15) is 0 Å². The Morgan fingerprint density at radius 2 is 1.53 bits per heavy atom. The Morgan fingerprint density at radius 1 is 0.889 bits per heavy atom. The first kappa shape index (κ1) is 25.3. The molecular weight excluding hydrogens is 448 g/mol. The summed E-state index contributed by atoms with van der Waals surface area (Å²) in [6, 6.07) is 22.7. The monoisotopic (exact) mass is 482 g/mol. The van der Waals surface area contributed by atoms with Gasteiger partial charge in [0.15, 0.2) is 5.82 Å². The number of hydrogen-bond donors (Lipinski definition) is 2. The Labute approximate surface area is 212 Å². The van der Waals surface area contributed by atoms with Gasteiger partial charge in [0.2, 0.25) is 5.91 Å². The van der Waals surface area contributed by atoms with E-state index in [1.54, 1.807) is 0 Å². The molecule has 0 fully saturated rings. The maximum absolute atomic E-state index is 13.0. The molecule has 0 aliphatic carbocycles. The topological polar surface area (TPSA) is 86.8 Å². The first-order chi connectivity index (χ1) is 17.3. The van der Waals surface area contributed by atoms with Gasteiger partial charge in [-0.1, -0.05) is 94.4 Å². The van der Waals surface area contributed by atoms with Gasteiger partial charge in [-0.3, -0.25) is 9.69 Å². The van der Waals surface area contributed by atoms with Gasteiger partial charge in [-0.25, -0.2) is 5.10 Å². The highest BCUT2D eigenvalue weighted by Crippen LogP contribution is 2.32. The number of nitrogens with one attached hydrogen (secondary N) is 2. The summed E-state index contributed by atoms with van der Waals surface area (Å²) in [5, 5.41) is 17.5. The number of amides is 1. The van der Waals surface area contributed by atoms with E-state index < -0.39 is 0 Å². The van der Waals surface area contributed by atoms with Gasteiger partial charge >= 0.3 is 0 Å². The molecule has 0 saturated carbocycles. The molecule has 7 nitrogen and oxygen atoms in total. The molecule has 3 aromatic carbocycles. The van der Waals surface area contributed by atoms with Crippen LogP contribution in [0.2, 0.25) is 0 Å². The predicted octanol–water partition coefficient (Wildman–Crippen LogP) is 5.85. The van der Waals surface area contributed by atoms with Crippen LogP contribution in [0.15, 0.2) is 66.7 Å². The van der Waals surface area contributed by atoms with Crippen LogP contribution in [0.1, 0.15) is 56.2 Å². The highest BCUT2D eigenvalue weighted by Gasteiger charge is 2.17. The summed E-state index contributed by atoms with van der Waals surface area (Å²) in [6.45, 7) is 9.62. The normalized spacial score (nSPS) is 11.4. The first-order valence-electron chi connectivity index (χ1n) is 12.4. The second kappa shape index (κ2) is 11.3. The molecule has 0 aliphatic heterocycles. The Bertz CT molecular complexity index is 1270. The number of H-pyrrole nitrogens is 1. The van der Waals surface area contributed by atoms with Crippen LogP contribution in [-0.2, 0) is 11.3 Å². The zero-order valence-electron chi connectivity index (χ0n) is 21.6. The fourth-order valence-corrected chi connectivity index (χ4v) is 4.49. The number of aromatic nitrogens is 4. The molecule has 0 atom stereocenters. The molecule has 0 radical (unpaired) electrons. The van der Waals surface area contributed by atoms with Crippen molar-refractivity contribution in [2.24, 2.45) is 0 Å². The highest BCUT2D eigenvalue weighted by atomic mass is 16.2. The number of tetrazole rings is 1. The first-order valence-corrected chi connectivity index (χ1v) is 12.4. The molecule has 0 spiro atoms. The quantitative estimate of drug-likeness (QED) is 0.312. The maximum Gasteiger partial charge on any atom is 0.238 e. The van der Waals surface area contributed by atoms with Crippen LogP contribution in [0.4, 0.5) is 5.69 Å². The molecule has 1 amide bonds. The minimum absolute atomic E-state index is 0.00119. The summed E-state index contributed by atoms with van der Waals surface area (Å²) in [6.07, 6.45) is 0. The van der Waals surface area contributed by atoms with Crippen molar-refractivity contribution < 1.29 is 4.79 Å². The molecule has 1 heterocycles. The summed E-state index contributed by atoms with van der Waals surface area (Å²) < 4.78 is 0. The van der Waals surface area contributed by atoms with Gasteiger partial charge in [0.1, 0.15) is 0 Å². The molecule has 186 valence electrons. The molecular formula is C29H34N6O. The third-order valence-corrected chi connectivity index (χ3v) is 6.30. The number of rotatable bonds is 9. The van der Waals surface area contributed by atoms with Crippen LogP contribution < -0.4 is 5.32 Å². The molecule has 0 bridgehead atoms. The van der Waals surface area contributed by atoms with Gasteiger partial charge in [-0.15, -0.1) is 5.10 Å². The van der Waals surface area contributed by atoms with Crippen LogP contribution in [0, 0.1) is 0 Å². The van der Waals surface area contributed by atoms with E-state index in [0.717, 1.165) is 27.9 Å². The van der Waals surface area contributed by atoms with E-state index in [9.17, 15) is 4.79 Å². The van der Waals surface area contributed by atoms with E-state index in [1.807, 2.05) is 30.1 Å². The van der Waals surface area contributed by atoms with E-state index in [-0.39, 0.29) is 5.91 Å².